The average molecular weight is 343 g/mol. The molecule has 0 radical (unpaired) electrons. The maximum Gasteiger partial charge on any atom is 0.431 e. The molecule has 8 heteroatoms. The fourth-order valence-corrected chi connectivity index (χ4v) is 2.23. The summed E-state index contributed by atoms with van der Waals surface area (Å²) in [7, 11) is 0. The first kappa shape index (κ1) is 15.2. The molecule has 106 valence electrons. The molecule has 0 unspecified atom stereocenters. The van der Waals surface area contributed by atoms with E-state index in [0.29, 0.717) is 0 Å². The second kappa shape index (κ2) is 5.31. The maximum absolute atomic E-state index is 12.5. The lowest BCUT2D eigenvalue weighted by molar-refractivity contribution is -0.141. The van der Waals surface area contributed by atoms with Crippen molar-refractivity contribution in [3.05, 3.63) is 55.4 Å². The van der Waals surface area contributed by atoms with Gasteiger partial charge in [0, 0.05) is 11.1 Å². The standard InChI is InChI=1S/C12H5Cl3F3NO/c13-7-4-9(15)8(14)3-6(7)5-1-2-10(12(16,17)18)19-11(5)20/h1-4H,(H,19,20). The van der Waals surface area contributed by atoms with Crippen molar-refractivity contribution < 1.29 is 13.2 Å². The molecule has 0 spiro atoms. The third kappa shape index (κ3) is 2.95. The third-order valence-electron chi connectivity index (χ3n) is 2.52. The second-order valence-corrected chi connectivity index (χ2v) is 5.08. The molecule has 0 atom stereocenters. The van der Waals surface area contributed by atoms with E-state index in [1.165, 1.54) is 12.1 Å². The van der Waals surface area contributed by atoms with Crippen molar-refractivity contribution in [2.75, 3.05) is 0 Å². The Kier molecular flexibility index (Phi) is 4.04. The molecule has 0 aliphatic heterocycles. The summed E-state index contributed by atoms with van der Waals surface area (Å²) in [5.41, 5.74) is -1.87. The van der Waals surface area contributed by atoms with Crippen molar-refractivity contribution in [1.82, 2.24) is 4.98 Å². The van der Waals surface area contributed by atoms with E-state index in [1.54, 1.807) is 4.98 Å². The van der Waals surface area contributed by atoms with Crippen LogP contribution in [0.2, 0.25) is 15.1 Å². The smallest absolute Gasteiger partial charge is 0.318 e. The number of halogens is 6. The molecule has 2 nitrogen and oxygen atoms in total. The van der Waals surface area contributed by atoms with Gasteiger partial charge in [0.25, 0.3) is 5.56 Å². The number of rotatable bonds is 1. The summed E-state index contributed by atoms with van der Waals surface area (Å²) in [6, 6.07) is 4.44. The van der Waals surface area contributed by atoms with E-state index in [0.717, 1.165) is 12.1 Å². The maximum atomic E-state index is 12.5. The van der Waals surface area contributed by atoms with Crippen molar-refractivity contribution in [1.29, 1.82) is 0 Å². The van der Waals surface area contributed by atoms with E-state index in [1.807, 2.05) is 0 Å². The van der Waals surface area contributed by atoms with Crippen LogP contribution < -0.4 is 5.56 Å². The highest BCUT2D eigenvalue weighted by molar-refractivity contribution is 6.44. The van der Waals surface area contributed by atoms with Crippen molar-refractivity contribution in [2.24, 2.45) is 0 Å². The molecule has 0 fully saturated rings. The van der Waals surface area contributed by atoms with E-state index in [-0.39, 0.29) is 26.2 Å². The molecular weight excluding hydrogens is 337 g/mol. The first-order chi connectivity index (χ1) is 9.20. The number of hydrogen-bond donors (Lipinski definition) is 1. The van der Waals surface area contributed by atoms with Gasteiger partial charge < -0.3 is 4.98 Å². The molecule has 2 rings (SSSR count). The molecule has 0 saturated heterocycles. The van der Waals surface area contributed by atoms with Crippen LogP contribution in [0.4, 0.5) is 13.2 Å². The monoisotopic (exact) mass is 341 g/mol. The highest BCUT2D eigenvalue weighted by atomic mass is 35.5. The van der Waals surface area contributed by atoms with Crippen LogP contribution in [-0.2, 0) is 6.18 Å². The largest absolute Gasteiger partial charge is 0.431 e. The Morgan fingerprint density at radius 3 is 2.05 bits per heavy atom. The van der Waals surface area contributed by atoms with Crippen LogP contribution in [0, 0.1) is 0 Å². The number of aromatic nitrogens is 1. The van der Waals surface area contributed by atoms with Gasteiger partial charge in [0.15, 0.2) is 0 Å². The summed E-state index contributed by atoms with van der Waals surface area (Å²) in [6.45, 7) is 0. The Hall–Kier alpha value is -1.17. The minimum atomic E-state index is -4.63. The lowest BCUT2D eigenvalue weighted by atomic mass is 10.1. The Labute approximate surface area is 126 Å². The molecule has 0 aliphatic rings. The fraction of sp³-hybridized carbons (Fsp3) is 0.0833. The number of pyridine rings is 1. The lowest BCUT2D eigenvalue weighted by Crippen LogP contribution is -2.17. The molecule has 0 saturated carbocycles. The van der Waals surface area contributed by atoms with E-state index in [2.05, 4.69) is 0 Å². The zero-order valence-corrected chi connectivity index (χ0v) is 11.8. The molecule has 1 aromatic heterocycles. The molecule has 1 aromatic carbocycles. The number of nitrogens with one attached hydrogen (secondary N) is 1. The molecule has 1 N–H and O–H groups in total. The van der Waals surface area contributed by atoms with Crippen molar-refractivity contribution >= 4 is 34.8 Å². The van der Waals surface area contributed by atoms with Gasteiger partial charge in [-0.15, -0.1) is 0 Å². The Morgan fingerprint density at radius 2 is 1.50 bits per heavy atom. The van der Waals surface area contributed by atoms with Crippen LogP contribution in [0.5, 0.6) is 0 Å². The quantitative estimate of drug-likeness (QED) is 0.725. The van der Waals surface area contributed by atoms with Crippen LogP contribution in [-0.4, -0.2) is 4.98 Å². The summed E-state index contributed by atoms with van der Waals surface area (Å²) in [6.07, 6.45) is -4.63. The minimum Gasteiger partial charge on any atom is -0.318 e. The fourth-order valence-electron chi connectivity index (χ4n) is 1.58. The predicted octanol–water partition coefficient (Wildman–Crippen LogP) is 5.02. The van der Waals surface area contributed by atoms with Gasteiger partial charge in [-0.2, -0.15) is 13.2 Å². The van der Waals surface area contributed by atoms with Gasteiger partial charge in [0.1, 0.15) is 5.69 Å². The molecule has 0 bridgehead atoms. The van der Waals surface area contributed by atoms with Crippen molar-refractivity contribution in [3.8, 4) is 11.1 Å². The van der Waals surface area contributed by atoms with Gasteiger partial charge in [0.2, 0.25) is 0 Å². The number of hydrogen-bond acceptors (Lipinski definition) is 1. The Balaban J connectivity index is 2.61. The van der Waals surface area contributed by atoms with Crippen LogP contribution in [0.3, 0.4) is 0 Å². The SMILES string of the molecule is O=c1[nH]c(C(F)(F)F)ccc1-c1cc(Cl)c(Cl)cc1Cl. The first-order valence-electron chi connectivity index (χ1n) is 5.15. The lowest BCUT2D eigenvalue weighted by Gasteiger charge is -2.09. The molecule has 1 heterocycles. The van der Waals surface area contributed by atoms with Gasteiger partial charge in [-0.3, -0.25) is 4.79 Å². The summed E-state index contributed by atoms with van der Waals surface area (Å²) in [5, 5.41) is 0.443. The summed E-state index contributed by atoms with van der Waals surface area (Å²) in [5.74, 6) is 0. The number of H-pyrrole nitrogens is 1. The van der Waals surface area contributed by atoms with Crippen LogP contribution in [0.15, 0.2) is 29.1 Å². The Morgan fingerprint density at radius 1 is 0.900 bits per heavy atom. The van der Waals surface area contributed by atoms with E-state index < -0.39 is 17.4 Å². The molecule has 20 heavy (non-hydrogen) atoms. The molecule has 2 aromatic rings. The normalized spacial score (nSPS) is 11.7. The van der Waals surface area contributed by atoms with Crippen LogP contribution in [0.1, 0.15) is 5.69 Å². The molecule has 0 amide bonds. The van der Waals surface area contributed by atoms with Crippen molar-refractivity contribution in [3.63, 3.8) is 0 Å². The van der Waals surface area contributed by atoms with Gasteiger partial charge in [-0.05, 0) is 24.3 Å². The van der Waals surface area contributed by atoms with E-state index >= 15 is 0 Å². The van der Waals surface area contributed by atoms with Crippen molar-refractivity contribution in [2.45, 2.75) is 6.18 Å². The third-order valence-corrected chi connectivity index (χ3v) is 3.55. The number of benzene rings is 1. The number of alkyl halides is 3. The second-order valence-electron chi connectivity index (χ2n) is 3.86. The number of aromatic amines is 1. The zero-order valence-electron chi connectivity index (χ0n) is 9.49. The van der Waals surface area contributed by atoms with Gasteiger partial charge in [-0.25, -0.2) is 0 Å². The average Bonchev–Trinajstić information content (AvgIpc) is 2.33. The highest BCUT2D eigenvalue weighted by Crippen LogP contribution is 2.34. The molecular formula is C12H5Cl3F3NO. The summed E-state index contributed by atoms with van der Waals surface area (Å²) in [4.78, 5) is 13.5. The van der Waals surface area contributed by atoms with Gasteiger partial charge in [-0.1, -0.05) is 34.8 Å². The van der Waals surface area contributed by atoms with Gasteiger partial charge >= 0.3 is 6.18 Å². The minimum absolute atomic E-state index is 0.0263. The topological polar surface area (TPSA) is 32.9 Å². The summed E-state index contributed by atoms with van der Waals surface area (Å²) < 4.78 is 37.4. The zero-order chi connectivity index (χ0) is 15.1. The summed E-state index contributed by atoms with van der Waals surface area (Å²) >= 11 is 17.5. The highest BCUT2D eigenvalue weighted by Gasteiger charge is 2.32. The first-order valence-corrected chi connectivity index (χ1v) is 6.29. The van der Waals surface area contributed by atoms with Crippen LogP contribution >= 0.6 is 34.8 Å². The predicted molar refractivity (Wildman–Crippen MR) is 72.5 cm³/mol. The van der Waals surface area contributed by atoms with Gasteiger partial charge in [0.05, 0.1) is 15.1 Å². The van der Waals surface area contributed by atoms with E-state index in [9.17, 15) is 18.0 Å². The molecule has 0 aliphatic carbocycles. The van der Waals surface area contributed by atoms with Crippen LogP contribution in [0.25, 0.3) is 11.1 Å². The van der Waals surface area contributed by atoms with E-state index in [4.69, 9.17) is 34.8 Å². The Bertz CT molecular complexity index is 725.